The van der Waals surface area contributed by atoms with Crippen molar-refractivity contribution in [3.63, 3.8) is 0 Å². The van der Waals surface area contributed by atoms with Crippen LogP contribution >= 0.6 is 0 Å². The lowest BCUT2D eigenvalue weighted by Crippen LogP contribution is -2.39. The molecule has 0 bridgehead atoms. The Hall–Kier alpha value is -0.0800. The quantitative estimate of drug-likeness (QED) is 0.691. The second-order valence-electron chi connectivity index (χ2n) is 4.74. The van der Waals surface area contributed by atoms with E-state index in [4.69, 9.17) is 5.73 Å². The molecule has 2 saturated carbocycles. The maximum Gasteiger partial charge on any atom is 0.0107 e. The second kappa shape index (κ2) is 4.43. The van der Waals surface area contributed by atoms with Gasteiger partial charge in [-0.25, -0.2) is 0 Å². The first-order chi connectivity index (χ1) is 6.40. The molecule has 2 unspecified atom stereocenters. The van der Waals surface area contributed by atoms with Gasteiger partial charge in [0.25, 0.3) is 0 Å². The summed E-state index contributed by atoms with van der Waals surface area (Å²) in [6.07, 6.45) is 8.44. The van der Waals surface area contributed by atoms with Gasteiger partial charge in [-0.1, -0.05) is 12.8 Å². The number of nitrogens with two attached hydrogens (primary N) is 1. The molecule has 2 rings (SSSR count). The first-order valence-electron chi connectivity index (χ1n) is 5.83. The van der Waals surface area contributed by atoms with Gasteiger partial charge in [-0.2, -0.15) is 0 Å². The molecule has 13 heavy (non-hydrogen) atoms. The van der Waals surface area contributed by atoms with Gasteiger partial charge < -0.3 is 11.1 Å². The Morgan fingerprint density at radius 3 is 2.46 bits per heavy atom. The van der Waals surface area contributed by atoms with Gasteiger partial charge in [0.15, 0.2) is 0 Å². The third kappa shape index (κ3) is 2.23. The van der Waals surface area contributed by atoms with Crippen LogP contribution in [0.25, 0.3) is 0 Å². The van der Waals surface area contributed by atoms with Gasteiger partial charge in [-0.15, -0.1) is 0 Å². The minimum Gasteiger partial charge on any atom is -0.330 e. The summed E-state index contributed by atoms with van der Waals surface area (Å²) < 4.78 is 0. The predicted octanol–water partition coefficient (Wildman–Crippen LogP) is 1.50. The lowest BCUT2D eigenvalue weighted by Gasteiger charge is -2.28. The molecule has 2 heteroatoms. The van der Waals surface area contributed by atoms with Gasteiger partial charge in [-0.05, 0) is 50.6 Å². The molecule has 2 aliphatic carbocycles. The van der Waals surface area contributed by atoms with E-state index in [9.17, 15) is 0 Å². The van der Waals surface area contributed by atoms with Crippen molar-refractivity contribution in [2.45, 2.75) is 44.6 Å². The molecule has 2 fully saturated rings. The zero-order valence-electron chi connectivity index (χ0n) is 8.47. The fourth-order valence-corrected chi connectivity index (χ4v) is 2.60. The van der Waals surface area contributed by atoms with Crippen molar-refractivity contribution < 1.29 is 0 Å². The Bertz CT molecular complexity index is 154. The molecular formula is C11H22N2. The number of hydrogen-bond acceptors (Lipinski definition) is 2. The van der Waals surface area contributed by atoms with E-state index in [0.717, 1.165) is 24.4 Å². The van der Waals surface area contributed by atoms with Crippen molar-refractivity contribution in [2.24, 2.45) is 17.6 Å². The number of hydrogen-bond donors (Lipinski definition) is 2. The second-order valence-corrected chi connectivity index (χ2v) is 4.74. The third-order valence-corrected chi connectivity index (χ3v) is 3.86. The van der Waals surface area contributed by atoms with Gasteiger partial charge in [0, 0.05) is 6.04 Å². The first kappa shape index (κ1) is 9.47. The lowest BCUT2D eigenvalue weighted by molar-refractivity contribution is 0.275. The molecule has 0 aliphatic heterocycles. The van der Waals surface area contributed by atoms with E-state index in [2.05, 4.69) is 5.32 Å². The smallest absolute Gasteiger partial charge is 0.0107 e. The zero-order chi connectivity index (χ0) is 9.10. The van der Waals surface area contributed by atoms with E-state index in [1.54, 1.807) is 0 Å². The van der Waals surface area contributed by atoms with E-state index < -0.39 is 0 Å². The average Bonchev–Trinajstić information content (AvgIpc) is 2.49. The Kier molecular flexibility index (Phi) is 3.23. The van der Waals surface area contributed by atoms with Crippen molar-refractivity contribution in [3.05, 3.63) is 0 Å². The zero-order valence-corrected chi connectivity index (χ0v) is 8.47. The van der Waals surface area contributed by atoms with Gasteiger partial charge in [0.1, 0.15) is 0 Å². The summed E-state index contributed by atoms with van der Waals surface area (Å²) >= 11 is 0. The molecule has 0 heterocycles. The molecule has 0 spiro atoms. The average molecular weight is 182 g/mol. The highest BCUT2D eigenvalue weighted by molar-refractivity contribution is 4.85. The summed E-state index contributed by atoms with van der Waals surface area (Å²) in [6, 6.07) is 0.741. The van der Waals surface area contributed by atoms with E-state index in [0.29, 0.717) is 0 Å². The van der Waals surface area contributed by atoms with Crippen LogP contribution in [-0.4, -0.2) is 19.1 Å². The molecule has 0 aromatic heterocycles. The van der Waals surface area contributed by atoms with Gasteiger partial charge in [0.05, 0.1) is 0 Å². The molecule has 3 N–H and O–H groups in total. The van der Waals surface area contributed by atoms with Gasteiger partial charge in [-0.3, -0.25) is 0 Å². The fraction of sp³-hybridized carbons (Fsp3) is 1.00. The van der Waals surface area contributed by atoms with E-state index in [1.165, 1.54) is 45.1 Å². The molecule has 0 amide bonds. The first-order valence-corrected chi connectivity index (χ1v) is 5.83. The molecule has 2 nitrogen and oxygen atoms in total. The fourth-order valence-electron chi connectivity index (χ4n) is 2.60. The van der Waals surface area contributed by atoms with Crippen molar-refractivity contribution in [3.8, 4) is 0 Å². The highest BCUT2D eigenvalue weighted by Crippen LogP contribution is 2.28. The largest absolute Gasteiger partial charge is 0.330 e. The van der Waals surface area contributed by atoms with E-state index >= 15 is 0 Å². The minimum absolute atomic E-state index is 0.741. The highest BCUT2D eigenvalue weighted by Gasteiger charge is 2.27. The highest BCUT2D eigenvalue weighted by atomic mass is 14.9. The predicted molar refractivity (Wildman–Crippen MR) is 55.5 cm³/mol. The van der Waals surface area contributed by atoms with Crippen LogP contribution < -0.4 is 11.1 Å². The Labute approximate surface area is 81.3 Å². The third-order valence-electron chi connectivity index (χ3n) is 3.86. The van der Waals surface area contributed by atoms with Crippen molar-refractivity contribution >= 4 is 0 Å². The van der Waals surface area contributed by atoms with Crippen molar-refractivity contribution in [1.29, 1.82) is 0 Å². The van der Waals surface area contributed by atoms with Crippen LogP contribution in [0, 0.1) is 11.8 Å². The van der Waals surface area contributed by atoms with Crippen LogP contribution in [0.5, 0.6) is 0 Å². The number of nitrogens with one attached hydrogen (secondary N) is 1. The van der Waals surface area contributed by atoms with Crippen molar-refractivity contribution in [2.75, 3.05) is 13.1 Å². The minimum atomic E-state index is 0.741. The molecule has 2 aliphatic rings. The van der Waals surface area contributed by atoms with Gasteiger partial charge >= 0.3 is 0 Å². The molecule has 2 atom stereocenters. The Balaban J connectivity index is 1.67. The SMILES string of the molecule is NCC1CCCC1NCC1CCC1. The molecule has 0 aromatic rings. The summed E-state index contributed by atoms with van der Waals surface area (Å²) in [7, 11) is 0. The topological polar surface area (TPSA) is 38.0 Å². The van der Waals surface area contributed by atoms with Crippen LogP contribution in [-0.2, 0) is 0 Å². The van der Waals surface area contributed by atoms with Gasteiger partial charge in [0.2, 0.25) is 0 Å². The molecule has 0 radical (unpaired) electrons. The summed E-state index contributed by atoms with van der Waals surface area (Å²) in [5.41, 5.74) is 5.74. The van der Waals surface area contributed by atoms with Crippen LogP contribution in [0.15, 0.2) is 0 Å². The summed E-state index contributed by atoms with van der Waals surface area (Å²) in [5.74, 6) is 1.75. The molecule has 0 saturated heterocycles. The van der Waals surface area contributed by atoms with Crippen molar-refractivity contribution in [1.82, 2.24) is 5.32 Å². The monoisotopic (exact) mass is 182 g/mol. The molecule has 76 valence electrons. The molecule has 0 aromatic carbocycles. The van der Waals surface area contributed by atoms with Crippen LogP contribution in [0.1, 0.15) is 38.5 Å². The van der Waals surface area contributed by atoms with E-state index in [-0.39, 0.29) is 0 Å². The standard InChI is InChI=1S/C11H22N2/c12-7-10-5-2-6-11(10)13-8-9-3-1-4-9/h9-11,13H,1-8,12H2. The summed E-state index contributed by atoms with van der Waals surface area (Å²) in [4.78, 5) is 0. The van der Waals surface area contributed by atoms with E-state index in [1.807, 2.05) is 0 Å². The maximum atomic E-state index is 5.74. The normalized spacial score (nSPS) is 34.8. The number of rotatable bonds is 4. The summed E-state index contributed by atoms with van der Waals surface area (Å²) in [5, 5.41) is 3.70. The van der Waals surface area contributed by atoms with Crippen LogP contribution in [0.2, 0.25) is 0 Å². The van der Waals surface area contributed by atoms with Crippen LogP contribution in [0.4, 0.5) is 0 Å². The molecular weight excluding hydrogens is 160 g/mol. The maximum absolute atomic E-state index is 5.74. The summed E-state index contributed by atoms with van der Waals surface area (Å²) in [6.45, 7) is 2.13. The lowest BCUT2D eigenvalue weighted by atomic mass is 9.85. The Morgan fingerprint density at radius 2 is 1.85 bits per heavy atom. The Morgan fingerprint density at radius 1 is 1.08 bits per heavy atom. The van der Waals surface area contributed by atoms with Crippen LogP contribution in [0.3, 0.4) is 0 Å².